The number of amides is 1. The van der Waals surface area contributed by atoms with Crippen molar-refractivity contribution < 1.29 is 9.53 Å². The second-order valence-electron chi connectivity index (χ2n) is 7.29. The minimum atomic E-state index is -0.670. The number of methoxy groups -OCH3 is 1. The number of nitrogens with two attached hydrogens (primary N) is 1. The molecule has 0 saturated carbocycles. The summed E-state index contributed by atoms with van der Waals surface area (Å²) < 4.78 is 7.03. The van der Waals surface area contributed by atoms with Crippen LogP contribution in [0.1, 0.15) is 15.9 Å². The van der Waals surface area contributed by atoms with E-state index in [2.05, 4.69) is 15.0 Å². The number of nitrogens with one attached hydrogen (secondary N) is 1. The van der Waals surface area contributed by atoms with E-state index in [4.69, 9.17) is 32.2 Å². The summed E-state index contributed by atoms with van der Waals surface area (Å²) in [6.07, 6.45) is 1.30. The van der Waals surface area contributed by atoms with Crippen LogP contribution < -0.4 is 10.5 Å². The molecule has 10 heteroatoms. The van der Waals surface area contributed by atoms with Gasteiger partial charge in [-0.05, 0) is 47.5 Å². The Morgan fingerprint density at radius 3 is 2.67 bits per heavy atom. The van der Waals surface area contributed by atoms with Crippen molar-refractivity contribution in [3.63, 3.8) is 0 Å². The normalized spacial score (nSPS) is 11.1. The van der Waals surface area contributed by atoms with E-state index in [0.717, 1.165) is 22.3 Å². The molecular weight excluding hydrogens is 442 g/mol. The number of primary amides is 1. The van der Waals surface area contributed by atoms with Crippen molar-refractivity contribution in [3.8, 4) is 28.7 Å². The largest absolute Gasteiger partial charge is 0.497 e. The predicted octanol–water partition coefficient (Wildman–Crippen LogP) is 3.69. The first kappa shape index (κ1) is 20.7. The van der Waals surface area contributed by atoms with E-state index in [1.807, 2.05) is 48.5 Å². The summed E-state index contributed by atoms with van der Waals surface area (Å²) in [5, 5.41) is 4.71. The summed E-state index contributed by atoms with van der Waals surface area (Å²) >= 11 is 6.01. The van der Waals surface area contributed by atoms with E-state index in [1.54, 1.807) is 17.9 Å². The summed E-state index contributed by atoms with van der Waals surface area (Å²) in [4.78, 5) is 28.1. The van der Waals surface area contributed by atoms with E-state index in [0.29, 0.717) is 23.8 Å². The minimum absolute atomic E-state index is 0.00927. The Kier molecular flexibility index (Phi) is 5.23. The van der Waals surface area contributed by atoms with Crippen LogP contribution in [0.5, 0.6) is 5.75 Å². The Morgan fingerprint density at radius 2 is 1.94 bits per heavy atom. The number of nitrogens with zero attached hydrogens (tertiary/aromatic N) is 5. The lowest BCUT2D eigenvalue weighted by Crippen LogP contribution is -2.14. The van der Waals surface area contributed by atoms with E-state index >= 15 is 0 Å². The molecule has 0 aliphatic rings. The van der Waals surface area contributed by atoms with Gasteiger partial charge >= 0.3 is 0 Å². The van der Waals surface area contributed by atoms with Gasteiger partial charge in [-0.2, -0.15) is 5.10 Å². The van der Waals surface area contributed by atoms with Crippen LogP contribution in [0.15, 0.2) is 60.8 Å². The molecule has 2 aromatic carbocycles. The first-order valence-electron chi connectivity index (χ1n) is 10.0. The molecule has 5 aromatic rings. The summed E-state index contributed by atoms with van der Waals surface area (Å²) in [5.41, 5.74) is 9.78. The second-order valence-corrected chi connectivity index (χ2v) is 7.63. The molecule has 3 aromatic heterocycles. The highest BCUT2D eigenvalue weighted by atomic mass is 35.5. The third kappa shape index (κ3) is 4.01. The molecule has 3 heterocycles. The van der Waals surface area contributed by atoms with Crippen LogP contribution in [0.3, 0.4) is 0 Å². The average molecular weight is 460 g/mol. The summed E-state index contributed by atoms with van der Waals surface area (Å²) in [7, 11) is 1.62. The Bertz CT molecular complexity index is 1440. The number of halogens is 1. The number of imidazole rings is 1. The lowest BCUT2D eigenvalue weighted by atomic mass is 10.1. The standard InChI is InChI=1S/C23H18ClN7O2/c1-33-14-8-6-13(7-9-14)12-31-19(22-27-16-4-2-3-5-17(16)28-22)10-18(30-31)20-15(21(25)32)11-26-23(24)29-20/h2-11H,12H2,1H3,(H2,25,32)(H,27,28). The van der Waals surface area contributed by atoms with Crippen molar-refractivity contribution >= 4 is 28.5 Å². The SMILES string of the molecule is COc1ccc(Cn2nc(-c3nc(Cl)ncc3C(N)=O)cc2-c2nc3ccccc3[nH]2)cc1. The molecule has 164 valence electrons. The van der Waals surface area contributed by atoms with Crippen molar-refractivity contribution in [1.82, 2.24) is 29.7 Å². The topological polar surface area (TPSA) is 125 Å². The van der Waals surface area contributed by atoms with Gasteiger partial charge in [0.2, 0.25) is 5.28 Å². The van der Waals surface area contributed by atoms with Gasteiger partial charge < -0.3 is 15.5 Å². The molecule has 0 atom stereocenters. The third-order valence-electron chi connectivity index (χ3n) is 5.17. The highest BCUT2D eigenvalue weighted by Crippen LogP contribution is 2.28. The number of aromatic amines is 1. The van der Waals surface area contributed by atoms with Crippen molar-refractivity contribution in [2.75, 3.05) is 7.11 Å². The lowest BCUT2D eigenvalue weighted by Gasteiger charge is -2.07. The summed E-state index contributed by atoms with van der Waals surface area (Å²) in [5.74, 6) is 0.722. The fourth-order valence-electron chi connectivity index (χ4n) is 3.56. The van der Waals surface area contributed by atoms with Gasteiger partial charge in [0.1, 0.15) is 22.8 Å². The zero-order valence-electron chi connectivity index (χ0n) is 17.5. The van der Waals surface area contributed by atoms with E-state index < -0.39 is 5.91 Å². The van der Waals surface area contributed by atoms with Crippen LogP contribution >= 0.6 is 11.6 Å². The van der Waals surface area contributed by atoms with Crippen LogP contribution in [0.25, 0.3) is 33.9 Å². The number of aromatic nitrogens is 6. The van der Waals surface area contributed by atoms with Gasteiger partial charge in [-0.15, -0.1) is 0 Å². The molecular formula is C23H18ClN7O2. The number of fused-ring (bicyclic) bond motifs is 1. The molecule has 5 rings (SSSR count). The second kappa shape index (κ2) is 8.36. The van der Waals surface area contributed by atoms with Crippen LogP contribution in [0.2, 0.25) is 5.28 Å². The Labute approximate surface area is 193 Å². The van der Waals surface area contributed by atoms with Gasteiger partial charge in [-0.1, -0.05) is 24.3 Å². The number of para-hydroxylation sites is 2. The van der Waals surface area contributed by atoms with Crippen molar-refractivity contribution in [1.29, 1.82) is 0 Å². The Balaban J connectivity index is 1.65. The first-order valence-corrected chi connectivity index (χ1v) is 10.4. The molecule has 0 radical (unpaired) electrons. The summed E-state index contributed by atoms with van der Waals surface area (Å²) in [6.45, 7) is 0.446. The highest BCUT2D eigenvalue weighted by molar-refractivity contribution is 6.28. The first-order chi connectivity index (χ1) is 16.0. The number of rotatable bonds is 6. The quantitative estimate of drug-likeness (QED) is 0.373. The predicted molar refractivity (Wildman–Crippen MR) is 124 cm³/mol. The maximum Gasteiger partial charge on any atom is 0.252 e. The molecule has 0 aliphatic heterocycles. The number of H-pyrrole nitrogens is 1. The lowest BCUT2D eigenvalue weighted by molar-refractivity contribution is 0.1000. The number of carbonyl (C=O) groups excluding carboxylic acids is 1. The molecule has 0 saturated heterocycles. The summed E-state index contributed by atoms with van der Waals surface area (Å²) in [6, 6.07) is 17.2. The van der Waals surface area contributed by atoms with Gasteiger partial charge in [0.25, 0.3) is 5.91 Å². The van der Waals surface area contributed by atoms with Crippen LogP contribution in [0, 0.1) is 0 Å². The Morgan fingerprint density at radius 1 is 1.15 bits per heavy atom. The van der Waals surface area contributed by atoms with Crippen molar-refractivity contribution in [2.24, 2.45) is 5.73 Å². The molecule has 0 unspecified atom stereocenters. The van der Waals surface area contributed by atoms with Crippen molar-refractivity contribution in [3.05, 3.63) is 77.2 Å². The van der Waals surface area contributed by atoms with E-state index in [1.165, 1.54) is 6.20 Å². The molecule has 3 N–H and O–H groups in total. The molecule has 0 aliphatic carbocycles. The number of benzene rings is 2. The maximum absolute atomic E-state index is 12.0. The van der Waals surface area contributed by atoms with Crippen molar-refractivity contribution in [2.45, 2.75) is 6.54 Å². The number of carbonyl (C=O) groups is 1. The Hall–Kier alpha value is -4.24. The van der Waals surface area contributed by atoms with E-state index in [9.17, 15) is 4.79 Å². The van der Waals surface area contributed by atoms with Crippen LogP contribution in [0.4, 0.5) is 0 Å². The van der Waals surface area contributed by atoms with Gasteiger partial charge in [0.05, 0.1) is 30.3 Å². The number of hydrogen-bond acceptors (Lipinski definition) is 6. The van der Waals surface area contributed by atoms with E-state index in [-0.39, 0.29) is 16.5 Å². The van der Waals surface area contributed by atoms with Gasteiger partial charge in [0.15, 0.2) is 5.82 Å². The zero-order valence-corrected chi connectivity index (χ0v) is 18.2. The minimum Gasteiger partial charge on any atom is -0.497 e. The molecule has 33 heavy (non-hydrogen) atoms. The van der Waals surface area contributed by atoms with Gasteiger partial charge in [-0.25, -0.2) is 15.0 Å². The number of ether oxygens (including phenoxy) is 1. The highest BCUT2D eigenvalue weighted by Gasteiger charge is 2.20. The molecule has 1 amide bonds. The fraction of sp³-hybridized carbons (Fsp3) is 0.0870. The molecule has 0 spiro atoms. The fourth-order valence-corrected chi connectivity index (χ4v) is 3.69. The molecule has 9 nitrogen and oxygen atoms in total. The third-order valence-corrected chi connectivity index (χ3v) is 5.35. The van der Waals surface area contributed by atoms with Gasteiger partial charge in [0, 0.05) is 6.20 Å². The average Bonchev–Trinajstić information content (AvgIpc) is 3.43. The van der Waals surface area contributed by atoms with Gasteiger partial charge in [-0.3, -0.25) is 9.48 Å². The zero-order chi connectivity index (χ0) is 22.9. The smallest absolute Gasteiger partial charge is 0.252 e. The van der Waals surface area contributed by atoms with Crippen LogP contribution in [-0.4, -0.2) is 42.7 Å². The molecule has 0 fully saturated rings. The van der Waals surface area contributed by atoms with Crippen LogP contribution in [-0.2, 0) is 6.54 Å². The maximum atomic E-state index is 12.0. The number of hydrogen-bond donors (Lipinski definition) is 2. The molecule has 0 bridgehead atoms. The monoisotopic (exact) mass is 459 g/mol.